The Morgan fingerprint density at radius 1 is 1.25 bits per heavy atom. The van der Waals surface area contributed by atoms with E-state index in [-0.39, 0.29) is 30.3 Å². The molecule has 2 rings (SSSR count). The van der Waals surface area contributed by atoms with Crippen molar-refractivity contribution in [2.45, 2.75) is 51.1 Å². The molecule has 2 unspecified atom stereocenters. The first-order valence-electron chi connectivity index (χ1n) is 8.78. The molecule has 1 fully saturated rings. The Balaban J connectivity index is 0.00000288. The number of halogens is 1. The number of carbonyl (C=O) groups is 1. The molecule has 0 aromatic heterocycles. The lowest BCUT2D eigenvalue weighted by Crippen LogP contribution is -2.40. The van der Waals surface area contributed by atoms with Gasteiger partial charge in [-0.15, -0.1) is 12.4 Å². The number of rotatable bonds is 8. The van der Waals surface area contributed by atoms with Gasteiger partial charge in [0.05, 0.1) is 0 Å². The molecule has 1 aromatic rings. The van der Waals surface area contributed by atoms with Crippen LogP contribution in [0, 0.1) is 5.92 Å². The molecule has 24 heavy (non-hydrogen) atoms. The third-order valence-corrected chi connectivity index (χ3v) is 4.62. The van der Waals surface area contributed by atoms with Crippen LogP contribution in [0.4, 0.5) is 0 Å². The quantitative estimate of drug-likeness (QED) is 0.728. The van der Waals surface area contributed by atoms with Crippen LogP contribution in [0.5, 0.6) is 0 Å². The predicted octanol–water partition coefficient (Wildman–Crippen LogP) is 3.38. The van der Waals surface area contributed by atoms with Crippen LogP contribution in [0.2, 0.25) is 0 Å². The summed E-state index contributed by atoms with van der Waals surface area (Å²) in [7, 11) is 1.72. The first-order valence-corrected chi connectivity index (χ1v) is 8.78. The van der Waals surface area contributed by atoms with Gasteiger partial charge >= 0.3 is 0 Å². The van der Waals surface area contributed by atoms with Crippen LogP contribution in [0.15, 0.2) is 30.3 Å². The molecule has 1 aromatic carbocycles. The second-order valence-electron chi connectivity index (χ2n) is 6.57. The van der Waals surface area contributed by atoms with Gasteiger partial charge in [0.25, 0.3) is 0 Å². The van der Waals surface area contributed by atoms with Crippen molar-refractivity contribution in [3.8, 4) is 0 Å². The van der Waals surface area contributed by atoms with Crippen LogP contribution in [-0.2, 0) is 16.1 Å². The Labute approximate surface area is 152 Å². The first-order chi connectivity index (χ1) is 11.2. The molecule has 5 heteroatoms. The molecular formula is C19H31ClN2O2. The zero-order valence-corrected chi connectivity index (χ0v) is 15.5. The number of carbonyl (C=O) groups excluding carboxylic acids is 1. The van der Waals surface area contributed by atoms with Crippen molar-refractivity contribution in [1.82, 2.24) is 4.90 Å². The van der Waals surface area contributed by atoms with Crippen molar-refractivity contribution in [3.05, 3.63) is 35.9 Å². The molecule has 136 valence electrons. The highest BCUT2D eigenvalue weighted by atomic mass is 35.5. The molecule has 1 amide bonds. The summed E-state index contributed by atoms with van der Waals surface area (Å²) in [6.45, 7) is 2.24. The molecule has 1 aliphatic rings. The molecule has 0 spiro atoms. The number of nitrogens with zero attached hydrogens (tertiary/aromatic N) is 1. The largest absolute Gasteiger partial charge is 0.385 e. The van der Waals surface area contributed by atoms with E-state index in [0.717, 1.165) is 51.7 Å². The number of hydrogen-bond acceptors (Lipinski definition) is 3. The molecule has 0 aliphatic heterocycles. The highest BCUT2D eigenvalue weighted by Crippen LogP contribution is 2.25. The van der Waals surface area contributed by atoms with Crippen LogP contribution in [0.1, 0.15) is 44.1 Å². The van der Waals surface area contributed by atoms with Gasteiger partial charge in [-0.05, 0) is 37.7 Å². The maximum atomic E-state index is 13.0. The zero-order valence-electron chi connectivity index (χ0n) is 14.7. The van der Waals surface area contributed by atoms with E-state index >= 15 is 0 Å². The minimum Gasteiger partial charge on any atom is -0.385 e. The summed E-state index contributed by atoms with van der Waals surface area (Å²) in [5.41, 5.74) is 7.26. The molecule has 2 N–H and O–H groups in total. The van der Waals surface area contributed by atoms with E-state index < -0.39 is 0 Å². The fourth-order valence-corrected chi connectivity index (χ4v) is 3.33. The fraction of sp³-hybridized carbons (Fsp3) is 0.632. The second kappa shape index (κ2) is 11.5. The van der Waals surface area contributed by atoms with Crippen LogP contribution < -0.4 is 5.73 Å². The van der Waals surface area contributed by atoms with E-state index in [2.05, 4.69) is 12.1 Å². The molecule has 1 aliphatic carbocycles. The van der Waals surface area contributed by atoms with Crippen molar-refractivity contribution >= 4 is 18.3 Å². The van der Waals surface area contributed by atoms with Crippen LogP contribution in [0.3, 0.4) is 0 Å². The first kappa shape index (κ1) is 20.9. The lowest BCUT2D eigenvalue weighted by molar-refractivity contribution is -0.137. The summed E-state index contributed by atoms with van der Waals surface area (Å²) in [6.07, 6.45) is 5.90. The summed E-state index contributed by atoms with van der Waals surface area (Å²) in [5, 5.41) is 0. The Hall–Kier alpha value is -1.10. The summed E-state index contributed by atoms with van der Waals surface area (Å²) < 4.78 is 5.11. The Kier molecular flexibility index (Phi) is 9.99. The van der Waals surface area contributed by atoms with Crippen molar-refractivity contribution in [1.29, 1.82) is 0 Å². The standard InChI is InChI=1S/C19H30N2O2.ClH/c1-23-13-6-5-12-21(15-16-8-3-2-4-9-16)19(22)17-10-7-11-18(20)14-17;/h2-4,8-9,17-18H,5-7,10-15,20H2,1H3;1H. The number of ether oxygens (including phenoxy) is 1. The van der Waals surface area contributed by atoms with E-state index in [4.69, 9.17) is 10.5 Å². The number of nitrogens with two attached hydrogens (primary N) is 1. The van der Waals surface area contributed by atoms with E-state index in [1.54, 1.807) is 7.11 Å². The van der Waals surface area contributed by atoms with Gasteiger partial charge in [0.2, 0.25) is 5.91 Å². The predicted molar refractivity (Wildman–Crippen MR) is 100 cm³/mol. The van der Waals surface area contributed by atoms with Gasteiger partial charge in [-0.2, -0.15) is 0 Å². The van der Waals surface area contributed by atoms with E-state index in [1.165, 1.54) is 5.56 Å². The van der Waals surface area contributed by atoms with Crippen LogP contribution in [0.25, 0.3) is 0 Å². The van der Waals surface area contributed by atoms with Gasteiger partial charge in [-0.3, -0.25) is 4.79 Å². The molecule has 0 saturated heterocycles. The van der Waals surface area contributed by atoms with Crippen molar-refractivity contribution in [2.24, 2.45) is 11.7 Å². The zero-order chi connectivity index (χ0) is 16.5. The number of unbranched alkanes of at least 4 members (excludes halogenated alkanes) is 1. The van der Waals surface area contributed by atoms with Crippen molar-refractivity contribution in [2.75, 3.05) is 20.3 Å². The topological polar surface area (TPSA) is 55.6 Å². The van der Waals surface area contributed by atoms with Crippen LogP contribution >= 0.6 is 12.4 Å². The molecule has 2 atom stereocenters. The smallest absolute Gasteiger partial charge is 0.226 e. The number of benzene rings is 1. The highest BCUT2D eigenvalue weighted by Gasteiger charge is 2.28. The van der Waals surface area contributed by atoms with Gasteiger partial charge in [0.15, 0.2) is 0 Å². The molecule has 0 bridgehead atoms. The normalized spacial score (nSPS) is 20.2. The Morgan fingerprint density at radius 2 is 2.00 bits per heavy atom. The van der Waals surface area contributed by atoms with Gasteiger partial charge in [0, 0.05) is 38.8 Å². The number of amides is 1. The fourth-order valence-electron chi connectivity index (χ4n) is 3.33. The summed E-state index contributed by atoms with van der Waals surface area (Å²) in [4.78, 5) is 15.0. The lowest BCUT2D eigenvalue weighted by atomic mass is 9.85. The van der Waals surface area contributed by atoms with Gasteiger partial charge in [-0.25, -0.2) is 0 Å². The highest BCUT2D eigenvalue weighted by molar-refractivity contribution is 5.85. The molecule has 1 saturated carbocycles. The van der Waals surface area contributed by atoms with E-state index in [1.807, 2.05) is 23.1 Å². The summed E-state index contributed by atoms with van der Waals surface area (Å²) in [5.74, 6) is 0.381. The van der Waals surface area contributed by atoms with Crippen LogP contribution in [-0.4, -0.2) is 37.1 Å². The summed E-state index contributed by atoms with van der Waals surface area (Å²) >= 11 is 0. The molecule has 0 heterocycles. The van der Waals surface area contributed by atoms with Gasteiger partial charge < -0.3 is 15.4 Å². The molecule has 0 radical (unpaired) electrons. The van der Waals surface area contributed by atoms with Crippen molar-refractivity contribution in [3.63, 3.8) is 0 Å². The number of methoxy groups -OCH3 is 1. The van der Waals surface area contributed by atoms with E-state index in [0.29, 0.717) is 6.54 Å². The molecular weight excluding hydrogens is 324 g/mol. The number of hydrogen-bond donors (Lipinski definition) is 1. The minimum absolute atomic E-state index is 0. The second-order valence-corrected chi connectivity index (χ2v) is 6.57. The average molecular weight is 355 g/mol. The minimum atomic E-state index is 0. The van der Waals surface area contributed by atoms with E-state index in [9.17, 15) is 4.79 Å². The molecule has 4 nitrogen and oxygen atoms in total. The lowest BCUT2D eigenvalue weighted by Gasteiger charge is -2.31. The van der Waals surface area contributed by atoms with Gasteiger partial charge in [-0.1, -0.05) is 36.8 Å². The maximum absolute atomic E-state index is 13.0. The third kappa shape index (κ3) is 6.80. The Bertz CT molecular complexity index is 470. The maximum Gasteiger partial charge on any atom is 0.226 e. The SMILES string of the molecule is COCCCCN(Cc1ccccc1)C(=O)C1CCCC(N)C1.Cl. The summed E-state index contributed by atoms with van der Waals surface area (Å²) in [6, 6.07) is 10.4. The Morgan fingerprint density at radius 3 is 2.67 bits per heavy atom. The average Bonchev–Trinajstić information content (AvgIpc) is 2.58. The third-order valence-electron chi connectivity index (χ3n) is 4.62. The van der Waals surface area contributed by atoms with Crippen molar-refractivity contribution < 1.29 is 9.53 Å². The monoisotopic (exact) mass is 354 g/mol. The van der Waals surface area contributed by atoms with Gasteiger partial charge in [0.1, 0.15) is 0 Å².